The van der Waals surface area contributed by atoms with E-state index in [1.807, 2.05) is 6.92 Å². The summed E-state index contributed by atoms with van der Waals surface area (Å²) >= 11 is 0. The number of hydrogen-bond donors (Lipinski definition) is 0. The molecule has 0 aromatic rings. The van der Waals surface area contributed by atoms with E-state index in [2.05, 4.69) is 15.9 Å². The smallest absolute Gasteiger partial charge is 0.124 e. The van der Waals surface area contributed by atoms with Crippen molar-refractivity contribution in [1.82, 2.24) is 0 Å². The highest BCUT2D eigenvalue weighted by Crippen LogP contribution is 2.26. The summed E-state index contributed by atoms with van der Waals surface area (Å²) < 4.78 is 0. The minimum Gasteiger partial charge on any atom is -0.274 e. The van der Waals surface area contributed by atoms with Gasteiger partial charge in [-0.05, 0) is 12.8 Å². The minimum absolute atomic E-state index is 0.728. The Labute approximate surface area is 92.9 Å². The summed E-state index contributed by atoms with van der Waals surface area (Å²) in [7, 11) is 1.80. The molecule has 0 spiro atoms. The molecule has 0 aliphatic heterocycles. The largest absolute Gasteiger partial charge is 0.274 e. The van der Waals surface area contributed by atoms with E-state index in [0.29, 0.717) is 0 Å². The van der Waals surface area contributed by atoms with Crippen LogP contribution in [0.1, 0.15) is 45.4 Å². The zero-order valence-corrected chi connectivity index (χ0v) is 9.79. The van der Waals surface area contributed by atoms with Gasteiger partial charge in [-0.3, -0.25) is 4.99 Å². The molecule has 2 heteroatoms. The molecule has 0 radical (unpaired) electrons. The van der Waals surface area contributed by atoms with Crippen LogP contribution in [0.15, 0.2) is 9.98 Å². The van der Waals surface area contributed by atoms with E-state index >= 15 is 0 Å². The Morgan fingerprint density at radius 2 is 2.00 bits per heavy atom. The predicted molar refractivity (Wildman–Crippen MR) is 66.5 cm³/mol. The molecule has 1 aliphatic rings. The maximum Gasteiger partial charge on any atom is 0.124 e. The normalized spacial score (nSPS) is 20.1. The van der Waals surface area contributed by atoms with Crippen molar-refractivity contribution in [1.29, 1.82) is 0 Å². The Hall–Kier alpha value is -1.10. The van der Waals surface area contributed by atoms with Gasteiger partial charge in [-0.2, -0.15) is 0 Å². The van der Waals surface area contributed by atoms with Crippen LogP contribution in [0, 0.1) is 18.3 Å². The molecule has 0 atom stereocenters. The van der Waals surface area contributed by atoms with Gasteiger partial charge < -0.3 is 0 Å². The summed E-state index contributed by atoms with van der Waals surface area (Å²) in [6.45, 7) is 1.85. The topological polar surface area (TPSA) is 24.7 Å². The van der Waals surface area contributed by atoms with Crippen LogP contribution in [0.2, 0.25) is 0 Å². The lowest BCUT2D eigenvalue weighted by molar-refractivity contribution is 0.367. The molecule has 82 valence electrons. The van der Waals surface area contributed by atoms with Crippen LogP contribution in [-0.4, -0.2) is 18.6 Å². The van der Waals surface area contributed by atoms with Crippen LogP contribution < -0.4 is 0 Å². The lowest BCUT2D eigenvalue weighted by atomic mass is 9.87. The Morgan fingerprint density at radius 1 is 1.33 bits per heavy atom. The van der Waals surface area contributed by atoms with Gasteiger partial charge in [0, 0.05) is 13.5 Å². The first-order chi connectivity index (χ1) is 7.26. The minimum atomic E-state index is 0.728. The van der Waals surface area contributed by atoms with Gasteiger partial charge in [-0.25, -0.2) is 4.99 Å². The van der Waals surface area contributed by atoms with Gasteiger partial charge in [0.25, 0.3) is 0 Å². The summed E-state index contributed by atoms with van der Waals surface area (Å²) in [6.07, 6.45) is 13.0. The third-order valence-corrected chi connectivity index (χ3v) is 2.96. The molecule has 1 aliphatic carbocycles. The second-order valence-electron chi connectivity index (χ2n) is 4.19. The average molecular weight is 204 g/mol. The average Bonchev–Trinajstić information content (AvgIpc) is 2.29. The molecule has 1 fully saturated rings. The van der Waals surface area contributed by atoms with E-state index in [4.69, 9.17) is 6.42 Å². The number of aliphatic imine (C=N–C) groups is 2. The maximum absolute atomic E-state index is 5.27. The van der Waals surface area contributed by atoms with E-state index in [9.17, 15) is 0 Å². The highest BCUT2D eigenvalue weighted by atomic mass is 14.9. The van der Waals surface area contributed by atoms with Gasteiger partial charge in [0.2, 0.25) is 0 Å². The molecule has 0 aromatic heterocycles. The summed E-state index contributed by atoms with van der Waals surface area (Å²) in [5.74, 6) is 4.22. The maximum atomic E-state index is 5.27. The summed E-state index contributed by atoms with van der Waals surface area (Å²) in [5, 5.41) is 0. The van der Waals surface area contributed by atoms with Crippen LogP contribution in [0.25, 0.3) is 0 Å². The second-order valence-corrected chi connectivity index (χ2v) is 4.19. The first kappa shape index (κ1) is 12.0. The van der Waals surface area contributed by atoms with Crippen LogP contribution in [0.5, 0.6) is 0 Å². The highest BCUT2D eigenvalue weighted by Gasteiger charge is 2.15. The Bertz CT molecular complexity index is 288. The Balaban J connectivity index is 2.51. The molecular formula is C13H20N2. The van der Waals surface area contributed by atoms with Crippen molar-refractivity contribution < 1.29 is 0 Å². The summed E-state index contributed by atoms with van der Waals surface area (Å²) in [6, 6.07) is 0. The molecule has 0 heterocycles. The lowest BCUT2D eigenvalue weighted by Crippen LogP contribution is -2.11. The highest BCUT2D eigenvalue weighted by molar-refractivity contribution is 6.05. The van der Waals surface area contributed by atoms with Gasteiger partial charge in [-0.1, -0.05) is 38.0 Å². The number of rotatable bonds is 2. The van der Waals surface area contributed by atoms with E-state index < -0.39 is 0 Å². The monoisotopic (exact) mass is 204 g/mol. The van der Waals surface area contributed by atoms with Gasteiger partial charge in [-0.15, -0.1) is 6.42 Å². The molecule has 1 saturated carbocycles. The van der Waals surface area contributed by atoms with E-state index in [0.717, 1.165) is 23.9 Å². The van der Waals surface area contributed by atoms with Gasteiger partial charge in [0.1, 0.15) is 5.84 Å². The molecule has 0 aromatic carbocycles. The first-order valence-corrected chi connectivity index (χ1v) is 5.74. The van der Waals surface area contributed by atoms with E-state index in [1.54, 1.807) is 7.05 Å². The molecule has 0 bridgehead atoms. The third kappa shape index (κ3) is 4.29. The van der Waals surface area contributed by atoms with Crippen LogP contribution in [-0.2, 0) is 0 Å². The van der Waals surface area contributed by atoms with Crippen molar-refractivity contribution in [3.05, 3.63) is 0 Å². The Kier molecular flexibility index (Phi) is 5.10. The quantitative estimate of drug-likeness (QED) is 0.375. The number of hydrogen-bond acceptors (Lipinski definition) is 1. The number of terminal acetylenes is 1. The Morgan fingerprint density at radius 3 is 2.53 bits per heavy atom. The van der Waals surface area contributed by atoms with Crippen LogP contribution >= 0.6 is 0 Å². The molecular weight excluding hydrogens is 184 g/mol. The molecule has 0 unspecified atom stereocenters. The second kappa shape index (κ2) is 6.40. The zero-order chi connectivity index (χ0) is 11.1. The van der Waals surface area contributed by atoms with Crippen molar-refractivity contribution in [2.45, 2.75) is 45.4 Å². The van der Waals surface area contributed by atoms with Crippen molar-refractivity contribution in [2.24, 2.45) is 15.9 Å². The fourth-order valence-corrected chi connectivity index (χ4v) is 2.06. The lowest BCUT2D eigenvalue weighted by Gasteiger charge is -2.20. The van der Waals surface area contributed by atoms with E-state index in [1.165, 1.54) is 32.1 Å². The number of nitrogens with zero attached hydrogens (tertiary/aromatic N) is 2. The summed E-state index contributed by atoms with van der Waals surface area (Å²) in [5.41, 5.74) is 0.728. The van der Waals surface area contributed by atoms with Crippen LogP contribution in [0.3, 0.4) is 0 Å². The molecule has 0 N–H and O–H groups in total. The first-order valence-electron chi connectivity index (χ1n) is 5.74. The van der Waals surface area contributed by atoms with Crippen molar-refractivity contribution in [3.63, 3.8) is 0 Å². The molecule has 0 saturated heterocycles. The van der Waals surface area contributed by atoms with E-state index in [-0.39, 0.29) is 0 Å². The molecule has 1 rings (SSSR count). The van der Waals surface area contributed by atoms with Crippen molar-refractivity contribution in [3.8, 4) is 12.3 Å². The van der Waals surface area contributed by atoms with Crippen molar-refractivity contribution >= 4 is 11.5 Å². The third-order valence-electron chi connectivity index (χ3n) is 2.96. The summed E-state index contributed by atoms with van der Waals surface area (Å²) in [4.78, 5) is 8.54. The molecule has 0 amide bonds. The zero-order valence-electron chi connectivity index (χ0n) is 9.79. The van der Waals surface area contributed by atoms with Crippen LogP contribution in [0.4, 0.5) is 0 Å². The SMILES string of the molecule is C#CC(C)=NC(CC1CCCCC1)=NC. The molecule has 2 nitrogen and oxygen atoms in total. The molecule has 15 heavy (non-hydrogen) atoms. The fraction of sp³-hybridized carbons (Fsp3) is 0.692. The van der Waals surface area contributed by atoms with Crippen molar-refractivity contribution in [2.75, 3.05) is 7.05 Å². The van der Waals surface area contributed by atoms with Gasteiger partial charge >= 0.3 is 0 Å². The fourth-order valence-electron chi connectivity index (χ4n) is 2.06. The number of amidine groups is 1. The van der Waals surface area contributed by atoms with Gasteiger partial charge in [0.05, 0.1) is 5.71 Å². The standard InChI is InChI=1S/C13H20N2/c1-4-11(2)15-13(14-3)10-12-8-6-5-7-9-12/h1,12H,5-10H2,2-3H3. The predicted octanol–water partition coefficient (Wildman–Crippen LogP) is 3.08. The van der Waals surface area contributed by atoms with Gasteiger partial charge in [0.15, 0.2) is 0 Å².